The summed E-state index contributed by atoms with van der Waals surface area (Å²) in [5.41, 5.74) is 0. The Morgan fingerprint density at radius 3 is 2.38 bits per heavy atom. The van der Waals surface area contributed by atoms with Crippen LogP contribution in [0.5, 0.6) is 0 Å². The van der Waals surface area contributed by atoms with Crippen molar-refractivity contribution in [3.63, 3.8) is 0 Å². The van der Waals surface area contributed by atoms with Gasteiger partial charge >= 0.3 is 0 Å². The van der Waals surface area contributed by atoms with Crippen LogP contribution in [0.2, 0.25) is 0 Å². The molecule has 7 heteroatoms. The van der Waals surface area contributed by atoms with Gasteiger partial charge in [-0.15, -0.1) is 0 Å². The lowest BCUT2D eigenvalue weighted by Crippen LogP contribution is -2.54. The van der Waals surface area contributed by atoms with E-state index in [0.717, 1.165) is 51.5 Å². The SMILES string of the molecule is CNC1CCCN(S(=O)(=O)C2CCCN(C(=O)C3CCCC3)C2)C1. The highest BCUT2D eigenvalue weighted by Gasteiger charge is 2.39. The fraction of sp³-hybridized carbons (Fsp3) is 0.941. The third-order valence-corrected chi connectivity index (χ3v) is 8.25. The van der Waals surface area contributed by atoms with Crippen molar-refractivity contribution >= 4 is 15.9 Å². The molecule has 2 saturated heterocycles. The molecule has 1 amide bonds. The zero-order chi connectivity index (χ0) is 17.2. The van der Waals surface area contributed by atoms with E-state index in [9.17, 15) is 13.2 Å². The van der Waals surface area contributed by atoms with Crippen LogP contribution < -0.4 is 5.32 Å². The molecule has 0 spiro atoms. The second kappa shape index (κ2) is 7.70. The Kier molecular flexibility index (Phi) is 5.82. The minimum absolute atomic E-state index is 0.134. The van der Waals surface area contributed by atoms with Crippen molar-refractivity contribution in [2.75, 3.05) is 33.2 Å². The number of likely N-dealkylation sites (tertiary alicyclic amines) is 1. The van der Waals surface area contributed by atoms with Gasteiger partial charge in [0, 0.05) is 38.1 Å². The highest BCUT2D eigenvalue weighted by atomic mass is 32.2. The van der Waals surface area contributed by atoms with Crippen LogP contribution in [-0.4, -0.2) is 68.0 Å². The smallest absolute Gasteiger partial charge is 0.225 e. The van der Waals surface area contributed by atoms with Gasteiger partial charge in [-0.3, -0.25) is 4.79 Å². The molecule has 0 radical (unpaired) electrons. The number of amides is 1. The van der Waals surface area contributed by atoms with Gasteiger partial charge in [0.05, 0.1) is 5.25 Å². The molecule has 0 bridgehead atoms. The first-order valence-electron chi connectivity index (χ1n) is 9.47. The molecule has 3 rings (SSSR count). The number of rotatable bonds is 4. The summed E-state index contributed by atoms with van der Waals surface area (Å²) in [6, 6.07) is 0.244. The summed E-state index contributed by atoms with van der Waals surface area (Å²) < 4.78 is 27.8. The number of carbonyl (C=O) groups is 1. The number of nitrogens with zero attached hydrogens (tertiary/aromatic N) is 2. The van der Waals surface area contributed by atoms with Crippen LogP contribution in [0.1, 0.15) is 51.4 Å². The largest absolute Gasteiger partial charge is 0.341 e. The van der Waals surface area contributed by atoms with Crippen molar-refractivity contribution in [2.45, 2.75) is 62.7 Å². The molecule has 2 heterocycles. The first-order chi connectivity index (χ1) is 11.5. The Hall–Kier alpha value is -0.660. The summed E-state index contributed by atoms with van der Waals surface area (Å²) in [7, 11) is -1.43. The lowest BCUT2D eigenvalue weighted by Gasteiger charge is -2.38. The van der Waals surface area contributed by atoms with E-state index in [0.29, 0.717) is 26.1 Å². The molecular weight excluding hydrogens is 326 g/mol. The second-order valence-corrected chi connectivity index (χ2v) is 9.77. The molecule has 3 fully saturated rings. The van der Waals surface area contributed by atoms with Gasteiger partial charge in [-0.05, 0) is 45.6 Å². The highest BCUT2D eigenvalue weighted by molar-refractivity contribution is 7.89. The zero-order valence-corrected chi connectivity index (χ0v) is 15.6. The van der Waals surface area contributed by atoms with Crippen LogP contribution in [-0.2, 0) is 14.8 Å². The maximum Gasteiger partial charge on any atom is 0.225 e. The lowest BCUT2D eigenvalue weighted by molar-refractivity contribution is -0.136. The predicted molar refractivity (Wildman–Crippen MR) is 94.1 cm³/mol. The minimum Gasteiger partial charge on any atom is -0.341 e. The summed E-state index contributed by atoms with van der Waals surface area (Å²) in [6.45, 7) is 2.29. The molecule has 138 valence electrons. The fourth-order valence-electron chi connectivity index (χ4n) is 4.43. The van der Waals surface area contributed by atoms with Crippen molar-refractivity contribution in [1.29, 1.82) is 0 Å². The van der Waals surface area contributed by atoms with Crippen LogP contribution in [0.25, 0.3) is 0 Å². The van der Waals surface area contributed by atoms with Crippen LogP contribution >= 0.6 is 0 Å². The zero-order valence-electron chi connectivity index (χ0n) is 14.7. The number of likely N-dealkylation sites (N-methyl/N-ethyl adjacent to an activating group) is 1. The lowest BCUT2D eigenvalue weighted by atomic mass is 10.0. The van der Waals surface area contributed by atoms with E-state index < -0.39 is 15.3 Å². The van der Waals surface area contributed by atoms with Crippen LogP contribution in [0.3, 0.4) is 0 Å². The molecule has 6 nitrogen and oxygen atoms in total. The Bertz CT molecular complexity index is 545. The number of carbonyl (C=O) groups excluding carboxylic acids is 1. The van der Waals surface area contributed by atoms with Gasteiger partial charge in [-0.1, -0.05) is 12.8 Å². The monoisotopic (exact) mass is 357 g/mol. The van der Waals surface area contributed by atoms with E-state index in [1.807, 2.05) is 11.9 Å². The van der Waals surface area contributed by atoms with E-state index in [1.54, 1.807) is 4.31 Å². The summed E-state index contributed by atoms with van der Waals surface area (Å²) in [5, 5.41) is 2.78. The van der Waals surface area contributed by atoms with Gasteiger partial charge in [0.25, 0.3) is 0 Å². The third-order valence-electron chi connectivity index (χ3n) is 5.97. The summed E-state index contributed by atoms with van der Waals surface area (Å²) in [6.07, 6.45) is 7.62. The second-order valence-electron chi connectivity index (χ2n) is 7.56. The minimum atomic E-state index is -3.32. The first-order valence-corrected chi connectivity index (χ1v) is 11.0. The molecule has 0 aromatic carbocycles. The van der Waals surface area contributed by atoms with Gasteiger partial charge in [-0.2, -0.15) is 0 Å². The Morgan fingerprint density at radius 2 is 1.67 bits per heavy atom. The molecule has 1 N–H and O–H groups in total. The van der Waals surface area contributed by atoms with Crippen LogP contribution in [0.15, 0.2) is 0 Å². The summed E-state index contributed by atoms with van der Waals surface area (Å²) in [4.78, 5) is 14.5. The molecular formula is C17H31N3O3S. The molecule has 1 saturated carbocycles. The number of hydrogen-bond acceptors (Lipinski definition) is 4. The van der Waals surface area contributed by atoms with Crippen LogP contribution in [0, 0.1) is 5.92 Å². The van der Waals surface area contributed by atoms with Gasteiger partial charge in [0.1, 0.15) is 0 Å². The summed E-state index contributed by atoms with van der Waals surface area (Å²) >= 11 is 0. The topological polar surface area (TPSA) is 69.7 Å². The average molecular weight is 358 g/mol. The van der Waals surface area contributed by atoms with Crippen LogP contribution in [0.4, 0.5) is 0 Å². The maximum atomic E-state index is 13.1. The van der Waals surface area contributed by atoms with Crippen molar-refractivity contribution < 1.29 is 13.2 Å². The van der Waals surface area contributed by atoms with E-state index in [1.165, 1.54) is 0 Å². The number of sulfonamides is 1. The maximum absolute atomic E-state index is 13.1. The number of nitrogens with one attached hydrogen (secondary N) is 1. The molecule has 1 aliphatic carbocycles. The Balaban J connectivity index is 1.65. The normalized spacial score (nSPS) is 30.6. The summed E-state index contributed by atoms with van der Waals surface area (Å²) in [5.74, 6) is 0.328. The fourth-order valence-corrected chi connectivity index (χ4v) is 6.46. The quantitative estimate of drug-likeness (QED) is 0.820. The molecule has 3 aliphatic rings. The van der Waals surface area contributed by atoms with Crippen molar-refractivity contribution in [3.8, 4) is 0 Å². The van der Waals surface area contributed by atoms with Gasteiger partial charge in [0.15, 0.2) is 0 Å². The van der Waals surface area contributed by atoms with E-state index in [-0.39, 0.29) is 17.9 Å². The molecule has 24 heavy (non-hydrogen) atoms. The van der Waals surface area contributed by atoms with Crippen molar-refractivity contribution in [2.24, 2.45) is 5.92 Å². The van der Waals surface area contributed by atoms with E-state index in [2.05, 4.69) is 5.32 Å². The Morgan fingerprint density at radius 1 is 0.958 bits per heavy atom. The molecule has 2 atom stereocenters. The number of piperidine rings is 2. The predicted octanol–water partition coefficient (Wildman–Crippen LogP) is 1.18. The van der Waals surface area contributed by atoms with Crippen molar-refractivity contribution in [1.82, 2.24) is 14.5 Å². The van der Waals surface area contributed by atoms with Gasteiger partial charge in [0.2, 0.25) is 15.9 Å². The highest BCUT2D eigenvalue weighted by Crippen LogP contribution is 2.29. The molecule has 2 aliphatic heterocycles. The standard InChI is InChI=1S/C17H31N3O3S/c1-18-15-8-4-11-20(12-15)24(22,23)16-9-5-10-19(13-16)17(21)14-6-2-3-7-14/h14-16,18H,2-13H2,1H3. The van der Waals surface area contributed by atoms with E-state index >= 15 is 0 Å². The van der Waals surface area contributed by atoms with Crippen molar-refractivity contribution in [3.05, 3.63) is 0 Å². The third kappa shape index (κ3) is 3.78. The average Bonchev–Trinajstić information content (AvgIpc) is 3.16. The molecule has 2 unspecified atom stereocenters. The first kappa shape index (κ1) is 18.1. The number of hydrogen-bond donors (Lipinski definition) is 1. The van der Waals surface area contributed by atoms with Gasteiger partial charge in [-0.25, -0.2) is 12.7 Å². The molecule has 0 aromatic heterocycles. The van der Waals surface area contributed by atoms with Gasteiger partial charge < -0.3 is 10.2 Å². The molecule has 0 aromatic rings. The van der Waals surface area contributed by atoms with E-state index in [4.69, 9.17) is 0 Å². The Labute approximate surface area is 146 Å².